The maximum Gasteiger partial charge on any atom is 0.259 e. The van der Waals surface area contributed by atoms with Gasteiger partial charge in [0.2, 0.25) is 0 Å². The zero-order chi connectivity index (χ0) is 13.4. The van der Waals surface area contributed by atoms with Crippen LogP contribution >= 0.6 is 0 Å². The standard InChI is InChI=1S/C13H13N5O/c1-7(2)8-3-4-10-9(5-8)13(19)17-12(16-10)11-14-6-15-18-11/h3-7H,1-2H3,(H,14,15,18)(H,16,17,19). The fourth-order valence-corrected chi connectivity index (χ4v) is 1.95. The molecule has 0 saturated heterocycles. The molecule has 0 aliphatic carbocycles. The molecule has 6 nitrogen and oxygen atoms in total. The minimum atomic E-state index is -0.168. The maximum atomic E-state index is 12.1. The van der Waals surface area contributed by atoms with E-state index in [1.165, 1.54) is 6.33 Å². The maximum absolute atomic E-state index is 12.1. The summed E-state index contributed by atoms with van der Waals surface area (Å²) >= 11 is 0. The highest BCUT2D eigenvalue weighted by atomic mass is 16.1. The molecular weight excluding hydrogens is 242 g/mol. The lowest BCUT2D eigenvalue weighted by molar-refractivity contribution is 0.868. The van der Waals surface area contributed by atoms with E-state index in [2.05, 4.69) is 39.0 Å². The van der Waals surface area contributed by atoms with E-state index in [0.29, 0.717) is 28.5 Å². The predicted molar refractivity (Wildman–Crippen MR) is 71.8 cm³/mol. The highest BCUT2D eigenvalue weighted by Gasteiger charge is 2.09. The van der Waals surface area contributed by atoms with Crippen molar-refractivity contribution >= 4 is 10.9 Å². The Morgan fingerprint density at radius 3 is 2.74 bits per heavy atom. The summed E-state index contributed by atoms with van der Waals surface area (Å²) in [7, 11) is 0. The van der Waals surface area contributed by atoms with E-state index in [1.54, 1.807) is 0 Å². The van der Waals surface area contributed by atoms with Crippen LogP contribution in [0.1, 0.15) is 25.3 Å². The first-order valence-electron chi connectivity index (χ1n) is 6.05. The SMILES string of the molecule is CC(C)c1ccc2nc(-c3ncn[nH]3)[nH]c(=O)c2c1. The summed E-state index contributed by atoms with van der Waals surface area (Å²) < 4.78 is 0. The number of aromatic amines is 2. The molecule has 96 valence electrons. The lowest BCUT2D eigenvalue weighted by atomic mass is 10.0. The van der Waals surface area contributed by atoms with E-state index >= 15 is 0 Å². The number of nitrogens with zero attached hydrogens (tertiary/aromatic N) is 3. The van der Waals surface area contributed by atoms with Crippen molar-refractivity contribution in [2.75, 3.05) is 0 Å². The smallest absolute Gasteiger partial charge is 0.259 e. The van der Waals surface area contributed by atoms with Crippen molar-refractivity contribution in [1.29, 1.82) is 0 Å². The molecule has 0 radical (unpaired) electrons. The topological polar surface area (TPSA) is 87.3 Å². The molecule has 0 saturated carbocycles. The van der Waals surface area contributed by atoms with Crippen LogP contribution in [0.3, 0.4) is 0 Å². The molecule has 6 heteroatoms. The summed E-state index contributed by atoms with van der Waals surface area (Å²) in [5.41, 5.74) is 1.60. The average Bonchev–Trinajstić information content (AvgIpc) is 2.92. The van der Waals surface area contributed by atoms with E-state index in [-0.39, 0.29) is 5.56 Å². The Kier molecular flexibility index (Phi) is 2.63. The highest BCUT2D eigenvalue weighted by molar-refractivity contribution is 5.79. The van der Waals surface area contributed by atoms with Gasteiger partial charge in [-0.15, -0.1) is 0 Å². The van der Waals surface area contributed by atoms with Gasteiger partial charge in [0, 0.05) is 0 Å². The summed E-state index contributed by atoms with van der Waals surface area (Å²) in [4.78, 5) is 23.2. The number of rotatable bonds is 2. The van der Waals surface area contributed by atoms with Crippen LogP contribution in [0.2, 0.25) is 0 Å². The molecular formula is C13H13N5O. The van der Waals surface area contributed by atoms with E-state index < -0.39 is 0 Å². The molecule has 19 heavy (non-hydrogen) atoms. The minimum Gasteiger partial charge on any atom is -0.303 e. The van der Waals surface area contributed by atoms with E-state index in [9.17, 15) is 4.79 Å². The molecule has 0 unspecified atom stereocenters. The third kappa shape index (κ3) is 2.01. The number of hydrogen-bond acceptors (Lipinski definition) is 4. The molecule has 0 fully saturated rings. The van der Waals surface area contributed by atoms with Crippen LogP contribution in [-0.4, -0.2) is 25.1 Å². The van der Waals surface area contributed by atoms with Crippen LogP contribution in [0.4, 0.5) is 0 Å². The normalized spacial score (nSPS) is 11.3. The monoisotopic (exact) mass is 255 g/mol. The van der Waals surface area contributed by atoms with Gasteiger partial charge in [0.05, 0.1) is 10.9 Å². The summed E-state index contributed by atoms with van der Waals surface area (Å²) in [6.07, 6.45) is 1.38. The number of H-pyrrole nitrogens is 2. The molecule has 0 aliphatic heterocycles. The van der Waals surface area contributed by atoms with Crippen LogP contribution in [0, 0.1) is 0 Å². The van der Waals surface area contributed by atoms with Crippen molar-refractivity contribution in [3.63, 3.8) is 0 Å². The van der Waals surface area contributed by atoms with Gasteiger partial charge in [0.25, 0.3) is 5.56 Å². The van der Waals surface area contributed by atoms with Gasteiger partial charge in [0.15, 0.2) is 11.6 Å². The molecule has 2 N–H and O–H groups in total. The van der Waals surface area contributed by atoms with E-state index in [0.717, 1.165) is 5.56 Å². The molecule has 0 amide bonds. The first-order chi connectivity index (χ1) is 9.15. The van der Waals surface area contributed by atoms with Crippen molar-refractivity contribution in [2.24, 2.45) is 0 Å². The number of nitrogens with one attached hydrogen (secondary N) is 2. The summed E-state index contributed by atoms with van der Waals surface area (Å²) in [6.45, 7) is 4.18. The van der Waals surface area contributed by atoms with Gasteiger partial charge in [-0.2, -0.15) is 5.10 Å². The Labute approximate surface area is 108 Å². The van der Waals surface area contributed by atoms with Gasteiger partial charge < -0.3 is 4.98 Å². The Hall–Kier alpha value is -2.50. The third-order valence-electron chi connectivity index (χ3n) is 3.04. The Morgan fingerprint density at radius 1 is 1.21 bits per heavy atom. The highest BCUT2D eigenvalue weighted by Crippen LogP contribution is 2.19. The van der Waals surface area contributed by atoms with Crippen molar-refractivity contribution in [3.05, 3.63) is 40.4 Å². The first-order valence-corrected chi connectivity index (χ1v) is 6.05. The van der Waals surface area contributed by atoms with Crippen molar-refractivity contribution in [1.82, 2.24) is 25.1 Å². The Morgan fingerprint density at radius 2 is 2.05 bits per heavy atom. The minimum absolute atomic E-state index is 0.168. The Balaban J connectivity index is 2.23. The first kappa shape index (κ1) is 11.6. The second kappa shape index (κ2) is 4.31. The number of benzene rings is 1. The van der Waals surface area contributed by atoms with Crippen LogP contribution in [0.15, 0.2) is 29.3 Å². The molecule has 2 aromatic heterocycles. The Bertz CT molecular complexity index is 773. The molecule has 0 aliphatic rings. The fourth-order valence-electron chi connectivity index (χ4n) is 1.95. The van der Waals surface area contributed by atoms with Crippen molar-refractivity contribution < 1.29 is 0 Å². The second-order valence-electron chi connectivity index (χ2n) is 4.68. The van der Waals surface area contributed by atoms with E-state index in [4.69, 9.17) is 0 Å². The fraction of sp³-hybridized carbons (Fsp3) is 0.231. The van der Waals surface area contributed by atoms with E-state index in [1.807, 2.05) is 18.2 Å². The second-order valence-corrected chi connectivity index (χ2v) is 4.68. The summed E-state index contributed by atoms with van der Waals surface area (Å²) in [6, 6.07) is 5.74. The van der Waals surface area contributed by atoms with Gasteiger partial charge >= 0.3 is 0 Å². The molecule has 2 heterocycles. The predicted octanol–water partition coefficient (Wildman–Crippen LogP) is 1.83. The molecule has 3 rings (SSSR count). The van der Waals surface area contributed by atoms with Crippen LogP contribution in [0.25, 0.3) is 22.6 Å². The van der Waals surface area contributed by atoms with Gasteiger partial charge in [-0.1, -0.05) is 19.9 Å². The number of aromatic nitrogens is 5. The molecule has 0 spiro atoms. The van der Waals surface area contributed by atoms with Gasteiger partial charge in [-0.05, 0) is 23.6 Å². The molecule has 1 aromatic carbocycles. The molecule has 0 bridgehead atoms. The molecule has 3 aromatic rings. The van der Waals surface area contributed by atoms with Crippen molar-refractivity contribution in [2.45, 2.75) is 19.8 Å². The van der Waals surface area contributed by atoms with Gasteiger partial charge in [-0.25, -0.2) is 9.97 Å². The lowest BCUT2D eigenvalue weighted by Gasteiger charge is -2.06. The number of fused-ring (bicyclic) bond motifs is 1. The average molecular weight is 255 g/mol. The lowest BCUT2D eigenvalue weighted by Crippen LogP contribution is -2.10. The zero-order valence-corrected chi connectivity index (χ0v) is 10.6. The number of hydrogen-bond donors (Lipinski definition) is 2. The molecule has 0 atom stereocenters. The zero-order valence-electron chi connectivity index (χ0n) is 10.6. The van der Waals surface area contributed by atoms with Crippen LogP contribution < -0.4 is 5.56 Å². The third-order valence-corrected chi connectivity index (χ3v) is 3.04. The van der Waals surface area contributed by atoms with Gasteiger partial charge in [0.1, 0.15) is 6.33 Å². The quantitative estimate of drug-likeness (QED) is 0.731. The largest absolute Gasteiger partial charge is 0.303 e. The summed E-state index contributed by atoms with van der Waals surface area (Å²) in [5.74, 6) is 1.22. The van der Waals surface area contributed by atoms with Crippen molar-refractivity contribution in [3.8, 4) is 11.6 Å². The summed E-state index contributed by atoms with van der Waals surface area (Å²) in [5, 5.41) is 7.02. The van der Waals surface area contributed by atoms with Gasteiger partial charge in [-0.3, -0.25) is 9.89 Å². The van der Waals surface area contributed by atoms with Crippen LogP contribution in [-0.2, 0) is 0 Å². The van der Waals surface area contributed by atoms with Crippen LogP contribution in [0.5, 0.6) is 0 Å².